The molecule has 1 aromatic rings. The van der Waals surface area contributed by atoms with E-state index in [4.69, 9.17) is 5.73 Å². The molecule has 3 heterocycles. The fourth-order valence-electron chi connectivity index (χ4n) is 3.04. The Morgan fingerprint density at radius 2 is 2.24 bits per heavy atom. The second-order valence-electron chi connectivity index (χ2n) is 4.87. The third-order valence-electron chi connectivity index (χ3n) is 3.86. The van der Waals surface area contributed by atoms with E-state index in [2.05, 4.69) is 31.1 Å². The molecule has 0 spiro atoms. The summed E-state index contributed by atoms with van der Waals surface area (Å²) in [6.45, 7) is 2.47. The van der Waals surface area contributed by atoms with E-state index in [0.29, 0.717) is 12.1 Å². The number of hydrogen-bond donors (Lipinski definition) is 2. The molecule has 0 radical (unpaired) electrons. The molecule has 0 aromatic carbocycles. The van der Waals surface area contributed by atoms with Gasteiger partial charge in [0.1, 0.15) is 0 Å². The summed E-state index contributed by atoms with van der Waals surface area (Å²) in [7, 11) is 0. The van der Waals surface area contributed by atoms with Crippen LogP contribution in [-0.2, 0) is 0 Å². The third kappa shape index (κ3) is 2.02. The van der Waals surface area contributed by atoms with Crippen molar-refractivity contribution in [2.75, 3.05) is 24.1 Å². The molecule has 0 saturated carbocycles. The van der Waals surface area contributed by atoms with Crippen molar-refractivity contribution < 1.29 is 0 Å². The lowest BCUT2D eigenvalue weighted by Crippen LogP contribution is -2.34. The molecule has 2 aliphatic rings. The van der Waals surface area contributed by atoms with Crippen LogP contribution in [0.5, 0.6) is 0 Å². The Kier molecular flexibility index (Phi) is 2.96. The number of nitrogen functional groups attached to an aromatic ring is 1. The number of rotatable bonds is 2. The van der Waals surface area contributed by atoms with Crippen LogP contribution in [0, 0.1) is 0 Å². The van der Waals surface area contributed by atoms with Crippen molar-refractivity contribution in [3.05, 3.63) is 16.9 Å². The van der Waals surface area contributed by atoms with Crippen LogP contribution >= 0.6 is 15.9 Å². The van der Waals surface area contributed by atoms with Crippen LogP contribution in [0.3, 0.4) is 0 Å². The summed E-state index contributed by atoms with van der Waals surface area (Å²) in [5.74, 6) is 0. The van der Waals surface area contributed by atoms with Crippen molar-refractivity contribution in [1.82, 2.24) is 9.88 Å². The molecule has 0 aliphatic carbocycles. The van der Waals surface area contributed by atoms with Crippen LogP contribution in [0.1, 0.15) is 19.3 Å². The van der Waals surface area contributed by atoms with E-state index in [9.17, 15) is 0 Å². The van der Waals surface area contributed by atoms with E-state index < -0.39 is 0 Å². The van der Waals surface area contributed by atoms with E-state index in [1.807, 2.05) is 0 Å². The highest BCUT2D eigenvalue weighted by Crippen LogP contribution is 2.34. The number of nitrogens with two attached hydrogens (primary N) is 1. The molecule has 2 atom stereocenters. The maximum atomic E-state index is 5.97. The van der Waals surface area contributed by atoms with Gasteiger partial charge in [-0.05, 0) is 41.7 Å². The highest BCUT2D eigenvalue weighted by molar-refractivity contribution is 9.10. The Hall–Kier alpha value is -0.810. The van der Waals surface area contributed by atoms with Crippen molar-refractivity contribution in [3.8, 4) is 0 Å². The van der Waals surface area contributed by atoms with E-state index in [-0.39, 0.29) is 0 Å². The first-order chi connectivity index (χ1) is 8.25. The zero-order valence-corrected chi connectivity index (χ0v) is 11.3. The van der Waals surface area contributed by atoms with Gasteiger partial charge in [0.2, 0.25) is 0 Å². The quantitative estimate of drug-likeness (QED) is 0.877. The summed E-state index contributed by atoms with van der Waals surface area (Å²) >= 11 is 3.51. The first kappa shape index (κ1) is 11.3. The van der Waals surface area contributed by atoms with Gasteiger partial charge in [-0.15, -0.1) is 0 Å². The van der Waals surface area contributed by atoms with Crippen LogP contribution in [0.4, 0.5) is 11.4 Å². The maximum Gasteiger partial charge on any atom is 0.0752 e. The van der Waals surface area contributed by atoms with Gasteiger partial charge in [-0.3, -0.25) is 9.88 Å². The van der Waals surface area contributed by atoms with Gasteiger partial charge in [0.15, 0.2) is 0 Å². The lowest BCUT2D eigenvalue weighted by Gasteiger charge is -2.23. The monoisotopic (exact) mass is 296 g/mol. The number of nitrogens with zero attached hydrogens (tertiary/aromatic N) is 2. The van der Waals surface area contributed by atoms with Gasteiger partial charge in [-0.25, -0.2) is 0 Å². The SMILES string of the molecule is Nc1cncc(Br)c1NC1CCN2CCCC12. The van der Waals surface area contributed by atoms with Gasteiger partial charge >= 0.3 is 0 Å². The molecule has 0 bridgehead atoms. The summed E-state index contributed by atoms with van der Waals surface area (Å²) in [6.07, 6.45) is 7.34. The van der Waals surface area contributed by atoms with Crippen molar-refractivity contribution in [3.63, 3.8) is 0 Å². The second-order valence-corrected chi connectivity index (χ2v) is 5.72. The van der Waals surface area contributed by atoms with Crippen molar-refractivity contribution in [2.45, 2.75) is 31.3 Å². The van der Waals surface area contributed by atoms with Crippen LogP contribution in [0.25, 0.3) is 0 Å². The minimum absolute atomic E-state index is 0.526. The average molecular weight is 297 g/mol. The van der Waals surface area contributed by atoms with E-state index in [1.165, 1.54) is 32.4 Å². The maximum absolute atomic E-state index is 5.97. The summed E-state index contributed by atoms with van der Waals surface area (Å²) in [6, 6.07) is 1.22. The largest absolute Gasteiger partial charge is 0.396 e. The molecule has 3 rings (SSSR count). The molecule has 17 heavy (non-hydrogen) atoms. The molecular weight excluding hydrogens is 280 g/mol. The number of pyridine rings is 1. The summed E-state index contributed by atoms with van der Waals surface area (Å²) < 4.78 is 0.953. The lowest BCUT2D eigenvalue weighted by atomic mass is 10.1. The second kappa shape index (κ2) is 4.46. The highest BCUT2D eigenvalue weighted by Gasteiger charge is 2.37. The zero-order chi connectivity index (χ0) is 11.8. The predicted molar refractivity (Wildman–Crippen MR) is 73.0 cm³/mol. The fourth-order valence-corrected chi connectivity index (χ4v) is 3.50. The molecular formula is C12H17BrN4. The predicted octanol–water partition coefficient (Wildman–Crippen LogP) is 2.07. The molecule has 2 saturated heterocycles. The first-order valence-electron chi connectivity index (χ1n) is 6.15. The van der Waals surface area contributed by atoms with Gasteiger partial charge in [-0.1, -0.05) is 0 Å². The number of nitrogens with one attached hydrogen (secondary N) is 1. The summed E-state index contributed by atoms with van der Waals surface area (Å²) in [5.41, 5.74) is 7.69. The number of aromatic nitrogens is 1. The minimum atomic E-state index is 0.526. The van der Waals surface area contributed by atoms with Gasteiger partial charge in [0, 0.05) is 24.8 Å². The van der Waals surface area contributed by atoms with Crippen molar-refractivity contribution in [1.29, 1.82) is 0 Å². The highest BCUT2D eigenvalue weighted by atomic mass is 79.9. The smallest absolute Gasteiger partial charge is 0.0752 e. The Morgan fingerprint density at radius 3 is 3.06 bits per heavy atom. The minimum Gasteiger partial charge on any atom is -0.396 e. The molecule has 0 amide bonds. The number of fused-ring (bicyclic) bond motifs is 1. The average Bonchev–Trinajstić information content (AvgIpc) is 2.87. The molecule has 5 heteroatoms. The van der Waals surface area contributed by atoms with E-state index in [1.54, 1.807) is 12.4 Å². The summed E-state index contributed by atoms with van der Waals surface area (Å²) in [5, 5.41) is 3.60. The fraction of sp³-hybridized carbons (Fsp3) is 0.583. The summed E-state index contributed by atoms with van der Waals surface area (Å²) in [4.78, 5) is 6.65. The Balaban J connectivity index is 1.79. The standard InChI is InChI=1S/C12H17BrN4/c13-8-6-15-7-9(14)12(8)16-10-3-5-17-4-1-2-11(10)17/h6-7,10-11H,1-5,14H2,(H,15,16). The normalized spacial score (nSPS) is 28.3. The number of halogens is 1. The van der Waals surface area contributed by atoms with Crippen LogP contribution in [-0.4, -0.2) is 35.1 Å². The molecule has 1 aromatic heterocycles. The van der Waals surface area contributed by atoms with Crippen molar-refractivity contribution in [2.24, 2.45) is 0 Å². The van der Waals surface area contributed by atoms with E-state index in [0.717, 1.165) is 15.8 Å². The van der Waals surface area contributed by atoms with Crippen molar-refractivity contribution >= 4 is 27.3 Å². The van der Waals surface area contributed by atoms with Gasteiger partial charge in [0.05, 0.1) is 22.0 Å². The molecule has 3 N–H and O–H groups in total. The first-order valence-corrected chi connectivity index (χ1v) is 6.94. The molecule has 92 valence electrons. The molecule has 4 nitrogen and oxygen atoms in total. The third-order valence-corrected chi connectivity index (χ3v) is 4.47. The van der Waals surface area contributed by atoms with Crippen LogP contribution in [0.2, 0.25) is 0 Å². The number of hydrogen-bond acceptors (Lipinski definition) is 4. The zero-order valence-electron chi connectivity index (χ0n) is 9.69. The Bertz CT molecular complexity index is 403. The van der Waals surface area contributed by atoms with Gasteiger partial charge < -0.3 is 11.1 Å². The molecule has 2 fully saturated rings. The molecule has 2 aliphatic heterocycles. The van der Waals surface area contributed by atoms with Crippen LogP contribution in [0.15, 0.2) is 16.9 Å². The topological polar surface area (TPSA) is 54.2 Å². The lowest BCUT2D eigenvalue weighted by molar-refractivity contribution is 0.318. The Morgan fingerprint density at radius 1 is 1.35 bits per heavy atom. The van der Waals surface area contributed by atoms with Gasteiger partial charge in [0.25, 0.3) is 0 Å². The van der Waals surface area contributed by atoms with Gasteiger partial charge in [-0.2, -0.15) is 0 Å². The van der Waals surface area contributed by atoms with Crippen LogP contribution < -0.4 is 11.1 Å². The Labute approximate surface area is 110 Å². The number of anilines is 2. The van der Waals surface area contributed by atoms with E-state index >= 15 is 0 Å². The molecule has 2 unspecified atom stereocenters.